The lowest BCUT2D eigenvalue weighted by molar-refractivity contribution is -0.175. The van der Waals surface area contributed by atoms with Gasteiger partial charge >= 0.3 is 0 Å². The van der Waals surface area contributed by atoms with Crippen LogP contribution in [0.4, 0.5) is 15.8 Å². The molecule has 1 aliphatic heterocycles. The number of imidazole rings is 1. The molecule has 6 N–H and O–H groups in total. The molecular weight excluding hydrogens is 468 g/mol. The predicted octanol–water partition coefficient (Wildman–Crippen LogP) is -1.84. The quantitative estimate of drug-likeness (QED) is 0.212. The number of nitrogens with zero attached hydrogens (tertiary/aromatic N) is 3. The highest BCUT2D eigenvalue weighted by Gasteiger charge is 2.62. The molecule has 37 heavy (non-hydrogen) atoms. The second-order valence-corrected chi connectivity index (χ2v) is 9.19. The van der Waals surface area contributed by atoms with E-state index in [0.717, 1.165) is 11.9 Å². The number of aliphatic hydroxyl groups is 2. The van der Waals surface area contributed by atoms with Crippen LogP contribution in [0.25, 0.3) is 33.3 Å². The molecule has 0 aliphatic carbocycles. The molecule has 3 heterocycles. The minimum absolute atomic E-state index is 0.0345. The van der Waals surface area contributed by atoms with Gasteiger partial charge in [-0.1, -0.05) is 6.07 Å². The molecule has 16 heteroatoms. The lowest BCUT2D eigenvalue weighted by Crippen LogP contribution is -2.91. The van der Waals surface area contributed by atoms with E-state index in [9.17, 15) is 19.4 Å². The zero-order valence-electron chi connectivity index (χ0n) is 19.5. The SMILES string of the molecule is [B]C1([B])N(c2ccc3nc(-c4c(N)c5c(F)cccc5[nH]c4=O)[nH]c3c2)C([B])([B])C([B])(O)N(C)C1([B])O. The highest BCUT2D eigenvalue weighted by Crippen LogP contribution is 2.44. The molecule has 172 valence electrons. The van der Waals surface area contributed by atoms with Crippen molar-refractivity contribution >= 4 is 80.4 Å². The molecule has 4 aromatic rings. The van der Waals surface area contributed by atoms with Crippen molar-refractivity contribution in [1.82, 2.24) is 19.9 Å². The fourth-order valence-corrected chi connectivity index (χ4v) is 4.68. The normalized spacial score (nSPS) is 25.6. The molecule has 2 unspecified atom stereocenters. The van der Waals surface area contributed by atoms with E-state index in [-0.39, 0.29) is 33.7 Å². The van der Waals surface area contributed by atoms with Crippen LogP contribution in [0.5, 0.6) is 0 Å². The summed E-state index contributed by atoms with van der Waals surface area (Å²) >= 11 is 0. The summed E-state index contributed by atoms with van der Waals surface area (Å²) in [5.74, 6) is -0.576. The predicted molar refractivity (Wildman–Crippen MR) is 144 cm³/mol. The smallest absolute Gasteiger partial charge is 0.261 e. The van der Waals surface area contributed by atoms with Crippen LogP contribution in [0.15, 0.2) is 41.2 Å². The number of pyridine rings is 1. The lowest BCUT2D eigenvalue weighted by atomic mass is 9.38. The fourth-order valence-electron chi connectivity index (χ4n) is 4.68. The van der Waals surface area contributed by atoms with E-state index in [1.807, 2.05) is 0 Å². The van der Waals surface area contributed by atoms with Crippen LogP contribution in [0.1, 0.15) is 0 Å². The number of anilines is 2. The zero-order valence-corrected chi connectivity index (χ0v) is 19.5. The van der Waals surface area contributed by atoms with Gasteiger partial charge in [0.05, 0.1) is 70.3 Å². The molecule has 1 saturated heterocycles. The molecule has 2 aromatic heterocycles. The number of halogens is 1. The number of fused-ring (bicyclic) bond motifs is 2. The first-order valence-corrected chi connectivity index (χ1v) is 10.9. The third-order valence-electron chi connectivity index (χ3n) is 6.93. The molecule has 0 amide bonds. The molecule has 0 spiro atoms. The third-order valence-corrected chi connectivity index (χ3v) is 6.93. The van der Waals surface area contributed by atoms with Gasteiger partial charge in [-0.2, -0.15) is 0 Å². The minimum Gasteiger partial charge on any atom is -0.397 e. The number of benzene rings is 2. The van der Waals surface area contributed by atoms with Gasteiger partial charge in [-0.3, -0.25) is 9.69 Å². The van der Waals surface area contributed by atoms with Gasteiger partial charge in [0.25, 0.3) is 5.56 Å². The van der Waals surface area contributed by atoms with E-state index in [1.54, 1.807) is 0 Å². The van der Waals surface area contributed by atoms with Crippen molar-refractivity contribution in [2.45, 2.75) is 21.9 Å². The van der Waals surface area contributed by atoms with Crippen LogP contribution in [-0.2, 0) is 0 Å². The van der Waals surface area contributed by atoms with E-state index >= 15 is 0 Å². The molecule has 0 saturated carbocycles. The molecule has 0 bridgehead atoms. The highest BCUT2D eigenvalue weighted by molar-refractivity contribution is 6.53. The van der Waals surface area contributed by atoms with Gasteiger partial charge in [0.1, 0.15) is 32.9 Å². The molecule has 1 aliphatic rings. The van der Waals surface area contributed by atoms with Crippen LogP contribution >= 0.6 is 0 Å². The molecule has 5 rings (SSSR count). The Hall–Kier alpha value is -3.08. The Morgan fingerprint density at radius 3 is 2.22 bits per heavy atom. The topological polar surface area (TPSA) is 134 Å². The van der Waals surface area contributed by atoms with Crippen LogP contribution in [-0.4, -0.2) is 106 Å². The number of H-pyrrole nitrogens is 2. The summed E-state index contributed by atoms with van der Waals surface area (Å²) in [6.45, 7) is 0. The monoisotopic (exact) mass is 484 g/mol. The average Bonchev–Trinajstić information content (AvgIpc) is 3.19. The first-order valence-electron chi connectivity index (χ1n) is 10.9. The molecule has 2 aromatic carbocycles. The van der Waals surface area contributed by atoms with Crippen molar-refractivity contribution in [3.05, 3.63) is 52.6 Å². The van der Waals surface area contributed by atoms with Gasteiger partial charge in [-0.15, -0.1) is 0 Å². The van der Waals surface area contributed by atoms with Crippen LogP contribution < -0.4 is 16.2 Å². The average molecular weight is 483 g/mol. The van der Waals surface area contributed by atoms with Crippen molar-refractivity contribution in [3.63, 3.8) is 0 Å². The molecule has 12 radical (unpaired) electrons. The molecular formula is C21H15B6FN6O3. The third kappa shape index (κ3) is 3.28. The van der Waals surface area contributed by atoms with E-state index < -0.39 is 33.3 Å². The number of aromatic nitrogens is 3. The standard InChI is InChI=1S/C21H15B6FN6O3/c1-33-20(26,36)18(22,23)34(19(24,25)21(33,27)37)8-5-6-10-12(7-8)31-16(30-10)14-15(29)13-9(28)3-2-4-11(13)32-17(14)35/h2-7,36-37H,1H3,(H,30,31)(H3,29,32,35). The molecule has 9 nitrogen and oxygen atoms in total. The maximum atomic E-state index is 14.5. The van der Waals surface area contributed by atoms with Gasteiger partial charge in [0, 0.05) is 5.69 Å². The highest BCUT2D eigenvalue weighted by atomic mass is 19.1. The first kappa shape index (κ1) is 25.6. The number of hydrogen-bond acceptors (Lipinski definition) is 7. The summed E-state index contributed by atoms with van der Waals surface area (Å²) in [5.41, 5.74) is 1.12. The molecule has 2 atom stereocenters. The summed E-state index contributed by atoms with van der Waals surface area (Å²) < 4.78 is 14.5. The van der Waals surface area contributed by atoms with Gasteiger partial charge in [0.2, 0.25) is 0 Å². The fraction of sp³-hybridized carbons (Fsp3) is 0.238. The van der Waals surface area contributed by atoms with Gasteiger partial charge in [0.15, 0.2) is 0 Å². The summed E-state index contributed by atoms with van der Waals surface area (Å²) in [7, 11) is 37.8. The largest absolute Gasteiger partial charge is 0.397 e. The summed E-state index contributed by atoms with van der Waals surface area (Å²) in [6, 6.07) is 8.54. The number of nitrogens with two attached hydrogens (primary N) is 1. The number of aromatic amines is 2. The van der Waals surface area contributed by atoms with E-state index in [4.69, 9.17) is 52.8 Å². The van der Waals surface area contributed by atoms with E-state index in [1.165, 1.54) is 36.4 Å². The number of rotatable bonds is 2. The molecule has 1 fully saturated rings. The van der Waals surface area contributed by atoms with Crippen molar-refractivity contribution in [2.75, 3.05) is 17.7 Å². The number of hydrogen-bond donors (Lipinski definition) is 5. The van der Waals surface area contributed by atoms with Crippen molar-refractivity contribution in [3.8, 4) is 11.4 Å². The van der Waals surface area contributed by atoms with E-state index in [0.29, 0.717) is 15.9 Å². The minimum atomic E-state index is -2.62. The number of nitrogens with one attached hydrogen (secondary N) is 2. The summed E-state index contributed by atoms with van der Waals surface area (Å²) in [6.07, 6.45) is 0. The van der Waals surface area contributed by atoms with Gasteiger partial charge in [-0.05, 0) is 48.1 Å². The van der Waals surface area contributed by atoms with Crippen molar-refractivity contribution in [1.29, 1.82) is 0 Å². The summed E-state index contributed by atoms with van der Waals surface area (Å²) in [4.78, 5) is 24.3. The Balaban J connectivity index is 1.69. The second-order valence-electron chi connectivity index (χ2n) is 9.19. The summed E-state index contributed by atoms with van der Waals surface area (Å²) in [5, 5.41) is 17.0. The van der Waals surface area contributed by atoms with Crippen LogP contribution in [0.3, 0.4) is 0 Å². The first-order chi connectivity index (χ1) is 17.0. The zero-order chi connectivity index (χ0) is 27.3. The number of nitrogen functional groups attached to an aromatic ring is 1. The van der Waals surface area contributed by atoms with Gasteiger partial charge < -0.3 is 30.8 Å². The number of piperazine rings is 1. The second kappa shape index (κ2) is 7.72. The Morgan fingerprint density at radius 2 is 1.59 bits per heavy atom. The van der Waals surface area contributed by atoms with E-state index in [2.05, 4.69) is 15.0 Å². The van der Waals surface area contributed by atoms with Crippen molar-refractivity contribution in [2.24, 2.45) is 0 Å². The Labute approximate surface area is 218 Å². The maximum absolute atomic E-state index is 14.5. The number of likely N-dealkylation sites (N-methyl/N-ethyl adjacent to an activating group) is 1. The van der Waals surface area contributed by atoms with Crippen LogP contribution in [0, 0.1) is 5.82 Å². The van der Waals surface area contributed by atoms with Crippen LogP contribution in [0.2, 0.25) is 0 Å². The maximum Gasteiger partial charge on any atom is 0.261 e. The van der Waals surface area contributed by atoms with Gasteiger partial charge in [-0.25, -0.2) is 9.37 Å². The lowest BCUT2D eigenvalue weighted by Gasteiger charge is -2.72. The Morgan fingerprint density at radius 1 is 0.973 bits per heavy atom. The Bertz CT molecular complexity index is 1610. The van der Waals surface area contributed by atoms with Crippen molar-refractivity contribution < 1.29 is 14.6 Å². The Kier molecular flexibility index (Phi) is 5.33.